The van der Waals surface area contributed by atoms with E-state index in [4.69, 9.17) is 5.73 Å². The van der Waals surface area contributed by atoms with Gasteiger partial charge in [-0.15, -0.1) is 0 Å². The largest absolute Gasteiger partial charge is 0.371 e. The minimum absolute atomic E-state index is 0.229. The number of nitrogens with zero attached hydrogens (tertiary/aromatic N) is 1. The van der Waals surface area contributed by atoms with Gasteiger partial charge in [0.25, 0.3) is 0 Å². The lowest BCUT2D eigenvalue weighted by Crippen LogP contribution is -2.38. The van der Waals surface area contributed by atoms with Gasteiger partial charge in [0.1, 0.15) is 0 Å². The summed E-state index contributed by atoms with van der Waals surface area (Å²) >= 11 is 0. The molecular weight excluding hydrogens is 220 g/mol. The lowest BCUT2D eigenvalue weighted by molar-refractivity contribution is 0.279. The van der Waals surface area contributed by atoms with Crippen molar-refractivity contribution in [1.29, 1.82) is 0 Å². The molecule has 2 N–H and O–H groups in total. The average molecular weight is 246 g/mol. The van der Waals surface area contributed by atoms with Gasteiger partial charge in [0.2, 0.25) is 0 Å². The van der Waals surface area contributed by atoms with Crippen molar-refractivity contribution in [2.75, 3.05) is 18.0 Å². The Balaban J connectivity index is 2.13. The molecule has 1 saturated heterocycles. The highest BCUT2D eigenvalue weighted by molar-refractivity contribution is 5.54. The van der Waals surface area contributed by atoms with Crippen molar-refractivity contribution in [3.05, 3.63) is 29.8 Å². The van der Waals surface area contributed by atoms with Crippen molar-refractivity contribution in [1.82, 2.24) is 0 Å². The quantitative estimate of drug-likeness (QED) is 0.887. The van der Waals surface area contributed by atoms with Gasteiger partial charge in [0, 0.05) is 24.8 Å². The molecule has 1 fully saturated rings. The van der Waals surface area contributed by atoms with Crippen molar-refractivity contribution in [2.24, 2.45) is 11.1 Å². The van der Waals surface area contributed by atoms with Gasteiger partial charge in [0.05, 0.1) is 0 Å². The molecule has 0 radical (unpaired) electrons. The molecule has 1 aromatic carbocycles. The maximum Gasteiger partial charge on any atom is 0.0399 e. The summed E-state index contributed by atoms with van der Waals surface area (Å²) in [6.45, 7) is 9.17. The molecule has 18 heavy (non-hydrogen) atoms. The molecule has 0 bridgehead atoms. The molecule has 1 atom stereocenters. The Bertz CT molecular complexity index is 386. The number of nitrogens with two attached hydrogens (primary N) is 1. The van der Waals surface area contributed by atoms with Gasteiger partial charge in [-0.25, -0.2) is 0 Å². The summed E-state index contributed by atoms with van der Waals surface area (Å²) in [5.41, 5.74) is 9.24. The van der Waals surface area contributed by atoms with E-state index in [1.54, 1.807) is 0 Å². The van der Waals surface area contributed by atoms with Crippen LogP contribution in [0.5, 0.6) is 0 Å². The predicted octanol–water partition coefficient (Wildman–Crippen LogP) is 3.20. The second-order valence-electron chi connectivity index (χ2n) is 6.46. The van der Waals surface area contributed by atoms with Crippen LogP contribution in [0, 0.1) is 5.41 Å². The summed E-state index contributed by atoms with van der Waals surface area (Å²) in [6.07, 6.45) is 3.52. The van der Waals surface area contributed by atoms with Crippen molar-refractivity contribution in [3.63, 3.8) is 0 Å². The molecule has 1 aliphatic heterocycles. The summed E-state index contributed by atoms with van der Waals surface area (Å²) in [5.74, 6) is 0. The van der Waals surface area contributed by atoms with Crippen LogP contribution in [0.3, 0.4) is 0 Å². The number of piperidine rings is 1. The Kier molecular flexibility index (Phi) is 3.96. The first-order valence-corrected chi connectivity index (χ1v) is 7.06. The molecule has 0 aromatic heterocycles. The normalized spacial score (nSPS) is 20.8. The monoisotopic (exact) mass is 246 g/mol. The lowest BCUT2D eigenvalue weighted by atomic mass is 9.82. The smallest absolute Gasteiger partial charge is 0.0399 e. The van der Waals surface area contributed by atoms with Crippen LogP contribution in [0.4, 0.5) is 5.69 Å². The topological polar surface area (TPSA) is 29.3 Å². The maximum atomic E-state index is 5.95. The second kappa shape index (κ2) is 5.31. The zero-order valence-electron chi connectivity index (χ0n) is 11.9. The Morgan fingerprint density at radius 3 is 2.44 bits per heavy atom. The number of rotatable bonds is 3. The third-order valence-electron chi connectivity index (χ3n) is 3.99. The van der Waals surface area contributed by atoms with Crippen LogP contribution in [0.15, 0.2) is 24.3 Å². The molecule has 100 valence electrons. The zero-order valence-corrected chi connectivity index (χ0v) is 11.9. The summed E-state index contributed by atoms with van der Waals surface area (Å²) < 4.78 is 0. The van der Waals surface area contributed by atoms with E-state index in [0.29, 0.717) is 5.41 Å². The van der Waals surface area contributed by atoms with Crippen molar-refractivity contribution < 1.29 is 0 Å². The van der Waals surface area contributed by atoms with Crippen molar-refractivity contribution in [2.45, 2.75) is 46.1 Å². The first kappa shape index (κ1) is 13.4. The molecule has 2 nitrogen and oxygen atoms in total. The number of hydrogen-bond donors (Lipinski definition) is 1. The van der Waals surface area contributed by atoms with Crippen LogP contribution in [-0.4, -0.2) is 19.1 Å². The highest BCUT2D eigenvalue weighted by Gasteiger charge is 2.26. The molecular formula is C16H26N2. The third kappa shape index (κ3) is 3.26. The highest BCUT2D eigenvalue weighted by Crippen LogP contribution is 2.33. The SMILES string of the molecule is CC(N)Cc1ccccc1N1CCC(C)(C)CC1. The van der Waals surface area contributed by atoms with E-state index in [9.17, 15) is 0 Å². The van der Waals surface area contributed by atoms with Gasteiger partial charge < -0.3 is 10.6 Å². The molecule has 0 amide bonds. The minimum atomic E-state index is 0.229. The van der Waals surface area contributed by atoms with E-state index in [1.807, 2.05) is 0 Å². The first-order valence-electron chi connectivity index (χ1n) is 7.06. The fraction of sp³-hybridized carbons (Fsp3) is 0.625. The standard InChI is InChI=1S/C16H26N2/c1-13(17)12-14-6-4-5-7-15(14)18-10-8-16(2,3)9-11-18/h4-7,13H,8-12,17H2,1-3H3. The summed E-state index contributed by atoms with van der Waals surface area (Å²) in [6, 6.07) is 8.95. The van der Waals surface area contributed by atoms with Crippen LogP contribution in [0.1, 0.15) is 39.2 Å². The highest BCUT2D eigenvalue weighted by atomic mass is 15.1. The number of para-hydroxylation sites is 1. The molecule has 0 aliphatic carbocycles. The van der Waals surface area contributed by atoms with Crippen LogP contribution in [0.25, 0.3) is 0 Å². The second-order valence-corrected chi connectivity index (χ2v) is 6.46. The molecule has 1 aromatic rings. The number of anilines is 1. The molecule has 0 spiro atoms. The van der Waals surface area contributed by atoms with Crippen molar-refractivity contribution in [3.8, 4) is 0 Å². The lowest BCUT2D eigenvalue weighted by Gasteiger charge is -2.39. The molecule has 2 heteroatoms. The van der Waals surface area contributed by atoms with Crippen LogP contribution in [0.2, 0.25) is 0 Å². The number of benzene rings is 1. The molecule has 1 heterocycles. The van der Waals surface area contributed by atoms with Gasteiger partial charge in [0.15, 0.2) is 0 Å². The van der Waals surface area contributed by atoms with E-state index in [2.05, 4.69) is 49.9 Å². The molecule has 1 unspecified atom stereocenters. The Morgan fingerprint density at radius 1 is 1.22 bits per heavy atom. The van der Waals surface area contributed by atoms with Gasteiger partial charge in [-0.05, 0) is 43.2 Å². The van der Waals surface area contributed by atoms with Crippen LogP contribution >= 0.6 is 0 Å². The summed E-state index contributed by atoms with van der Waals surface area (Å²) in [7, 11) is 0. The summed E-state index contributed by atoms with van der Waals surface area (Å²) in [5, 5.41) is 0. The minimum Gasteiger partial charge on any atom is -0.371 e. The Labute approximate surface area is 111 Å². The predicted molar refractivity (Wildman–Crippen MR) is 79.0 cm³/mol. The van der Waals surface area contributed by atoms with E-state index >= 15 is 0 Å². The molecule has 2 rings (SSSR count). The zero-order chi connectivity index (χ0) is 13.2. The van der Waals surface area contributed by atoms with Crippen LogP contribution < -0.4 is 10.6 Å². The van der Waals surface area contributed by atoms with E-state index in [0.717, 1.165) is 6.42 Å². The summed E-state index contributed by atoms with van der Waals surface area (Å²) in [4.78, 5) is 2.53. The number of hydrogen-bond acceptors (Lipinski definition) is 2. The molecule has 0 saturated carbocycles. The van der Waals surface area contributed by atoms with Gasteiger partial charge in [-0.3, -0.25) is 0 Å². The third-order valence-corrected chi connectivity index (χ3v) is 3.99. The Hall–Kier alpha value is -1.02. The molecule has 1 aliphatic rings. The fourth-order valence-electron chi connectivity index (χ4n) is 2.69. The van der Waals surface area contributed by atoms with E-state index < -0.39 is 0 Å². The van der Waals surface area contributed by atoms with Gasteiger partial charge >= 0.3 is 0 Å². The van der Waals surface area contributed by atoms with Gasteiger partial charge in [-0.1, -0.05) is 32.0 Å². The maximum absolute atomic E-state index is 5.95. The fourth-order valence-corrected chi connectivity index (χ4v) is 2.69. The Morgan fingerprint density at radius 2 is 1.83 bits per heavy atom. The first-order chi connectivity index (χ1) is 8.48. The van der Waals surface area contributed by atoms with E-state index in [1.165, 1.54) is 37.2 Å². The van der Waals surface area contributed by atoms with Crippen LogP contribution in [-0.2, 0) is 6.42 Å². The van der Waals surface area contributed by atoms with Crippen molar-refractivity contribution >= 4 is 5.69 Å². The average Bonchev–Trinajstić information content (AvgIpc) is 2.29. The van der Waals surface area contributed by atoms with Gasteiger partial charge in [-0.2, -0.15) is 0 Å². The van der Waals surface area contributed by atoms with E-state index in [-0.39, 0.29) is 6.04 Å².